The lowest BCUT2D eigenvalue weighted by Crippen LogP contribution is -2.11. The number of rotatable bonds is 2. The van der Waals surface area contributed by atoms with Crippen LogP contribution in [0.3, 0.4) is 0 Å². The van der Waals surface area contributed by atoms with Gasteiger partial charge >= 0.3 is 0 Å². The molecule has 1 aromatic heterocycles. The van der Waals surface area contributed by atoms with Crippen molar-refractivity contribution in [2.45, 2.75) is 13.0 Å². The molecule has 1 heterocycles. The Kier molecular flexibility index (Phi) is 3.85. The highest BCUT2D eigenvalue weighted by Crippen LogP contribution is 2.29. The third-order valence-electron chi connectivity index (χ3n) is 2.48. The molecule has 2 rings (SSSR count). The molecule has 0 saturated carbocycles. The first-order valence-electron chi connectivity index (χ1n) is 4.83. The lowest BCUT2D eigenvalue weighted by atomic mass is 10.0. The first kappa shape index (κ1) is 12.3. The molecule has 0 saturated heterocycles. The average Bonchev–Trinajstić information content (AvgIpc) is 2.62. The molecule has 1 atom stereocenters. The zero-order chi connectivity index (χ0) is 11.7. The summed E-state index contributed by atoms with van der Waals surface area (Å²) < 4.78 is 2.08. The first-order chi connectivity index (χ1) is 7.58. The van der Waals surface area contributed by atoms with Crippen molar-refractivity contribution in [1.29, 1.82) is 0 Å². The van der Waals surface area contributed by atoms with Crippen LogP contribution in [-0.2, 0) is 0 Å². The van der Waals surface area contributed by atoms with E-state index in [-0.39, 0.29) is 6.04 Å². The number of nitrogens with two attached hydrogens (primary N) is 1. The van der Waals surface area contributed by atoms with E-state index < -0.39 is 0 Å². The Labute approximate surface area is 116 Å². The van der Waals surface area contributed by atoms with Gasteiger partial charge in [0.15, 0.2) is 0 Å². The van der Waals surface area contributed by atoms with Gasteiger partial charge in [-0.25, -0.2) is 0 Å². The Morgan fingerprint density at radius 2 is 1.81 bits per heavy atom. The van der Waals surface area contributed by atoms with Crippen molar-refractivity contribution >= 4 is 43.2 Å². The molecule has 1 unspecified atom stereocenters. The van der Waals surface area contributed by atoms with Gasteiger partial charge in [0.05, 0.1) is 6.04 Å². The Bertz CT molecular complexity index is 487. The van der Waals surface area contributed by atoms with Gasteiger partial charge in [0.25, 0.3) is 0 Å². The van der Waals surface area contributed by atoms with E-state index in [0.29, 0.717) is 0 Å². The van der Waals surface area contributed by atoms with Crippen LogP contribution in [0.2, 0.25) is 0 Å². The van der Waals surface area contributed by atoms with Gasteiger partial charge in [0, 0.05) is 13.8 Å². The summed E-state index contributed by atoms with van der Waals surface area (Å²) in [6, 6.07) is 8.18. The summed E-state index contributed by atoms with van der Waals surface area (Å²) in [6.07, 6.45) is 0. The van der Waals surface area contributed by atoms with E-state index in [4.69, 9.17) is 5.73 Å². The second kappa shape index (κ2) is 5.00. The van der Waals surface area contributed by atoms with Crippen LogP contribution in [0.5, 0.6) is 0 Å². The summed E-state index contributed by atoms with van der Waals surface area (Å²) in [5.74, 6) is 0. The molecule has 84 valence electrons. The summed E-state index contributed by atoms with van der Waals surface area (Å²) in [5, 5.41) is 2.08. The van der Waals surface area contributed by atoms with Gasteiger partial charge in [0.1, 0.15) is 0 Å². The molecule has 0 bridgehead atoms. The average molecular weight is 361 g/mol. The molecule has 1 aromatic carbocycles. The Hall–Kier alpha value is -0.160. The van der Waals surface area contributed by atoms with E-state index in [1.165, 1.54) is 10.4 Å². The van der Waals surface area contributed by atoms with Gasteiger partial charge in [-0.15, -0.1) is 11.3 Å². The predicted octanol–water partition coefficient (Wildman–Crippen LogP) is 4.63. The van der Waals surface area contributed by atoms with Crippen LogP contribution in [0.1, 0.15) is 22.0 Å². The lowest BCUT2D eigenvalue weighted by molar-refractivity contribution is 0.867. The van der Waals surface area contributed by atoms with Crippen LogP contribution in [0.15, 0.2) is 38.6 Å². The largest absolute Gasteiger partial charge is 0.320 e. The van der Waals surface area contributed by atoms with Crippen molar-refractivity contribution in [3.8, 4) is 0 Å². The second-order valence-electron chi connectivity index (χ2n) is 3.61. The van der Waals surface area contributed by atoms with E-state index >= 15 is 0 Å². The number of benzene rings is 1. The quantitative estimate of drug-likeness (QED) is 0.830. The molecular weight excluding hydrogens is 350 g/mol. The summed E-state index contributed by atoms with van der Waals surface area (Å²) in [5.41, 5.74) is 8.58. The molecule has 1 nitrogen and oxygen atoms in total. The van der Waals surface area contributed by atoms with E-state index in [1.54, 1.807) is 11.3 Å². The maximum atomic E-state index is 6.26. The van der Waals surface area contributed by atoms with Crippen molar-refractivity contribution in [1.82, 2.24) is 0 Å². The number of hydrogen-bond acceptors (Lipinski definition) is 2. The smallest absolute Gasteiger partial charge is 0.0563 e. The third kappa shape index (κ3) is 2.56. The van der Waals surface area contributed by atoms with Crippen LogP contribution in [0.25, 0.3) is 0 Å². The van der Waals surface area contributed by atoms with Crippen molar-refractivity contribution in [3.05, 3.63) is 54.6 Å². The maximum Gasteiger partial charge on any atom is 0.0563 e. The summed E-state index contributed by atoms with van der Waals surface area (Å²) >= 11 is 8.69. The molecule has 0 aliphatic heterocycles. The molecule has 16 heavy (non-hydrogen) atoms. The molecule has 4 heteroatoms. The topological polar surface area (TPSA) is 26.0 Å². The minimum atomic E-state index is -0.0555. The zero-order valence-corrected chi connectivity index (χ0v) is 12.7. The maximum absolute atomic E-state index is 6.26. The van der Waals surface area contributed by atoms with Crippen LogP contribution in [0, 0.1) is 6.92 Å². The molecule has 2 aromatic rings. The summed E-state index contributed by atoms with van der Waals surface area (Å²) in [6.45, 7) is 2.10. The van der Waals surface area contributed by atoms with Gasteiger partial charge in [-0.05, 0) is 47.7 Å². The van der Waals surface area contributed by atoms with Crippen molar-refractivity contribution in [2.24, 2.45) is 5.73 Å². The minimum Gasteiger partial charge on any atom is -0.320 e. The van der Waals surface area contributed by atoms with Gasteiger partial charge in [-0.3, -0.25) is 0 Å². The monoisotopic (exact) mass is 359 g/mol. The van der Waals surface area contributed by atoms with E-state index in [0.717, 1.165) is 14.5 Å². The van der Waals surface area contributed by atoms with Gasteiger partial charge in [0.2, 0.25) is 0 Å². The number of halogens is 2. The molecule has 0 radical (unpaired) electrons. The Balaban J connectivity index is 2.41. The molecule has 0 amide bonds. The fourth-order valence-corrected chi connectivity index (χ4v) is 3.73. The predicted molar refractivity (Wildman–Crippen MR) is 76.9 cm³/mol. The summed E-state index contributed by atoms with van der Waals surface area (Å²) in [7, 11) is 0. The number of thiophene rings is 1. The van der Waals surface area contributed by atoms with Gasteiger partial charge in [-0.2, -0.15) is 0 Å². The standard InChI is InChI=1S/C12H11Br2NS/c1-7-11(2-3-16-7)12(15)8-4-9(13)6-10(14)5-8/h2-6,12H,15H2,1H3. The lowest BCUT2D eigenvalue weighted by Gasteiger charge is -2.13. The van der Waals surface area contributed by atoms with E-state index in [1.807, 2.05) is 6.07 Å². The zero-order valence-electron chi connectivity index (χ0n) is 8.71. The van der Waals surface area contributed by atoms with Crippen LogP contribution >= 0.6 is 43.2 Å². The molecule has 0 aliphatic rings. The number of hydrogen-bond donors (Lipinski definition) is 1. The van der Waals surface area contributed by atoms with Crippen LogP contribution in [0.4, 0.5) is 0 Å². The SMILES string of the molecule is Cc1sccc1C(N)c1cc(Br)cc(Br)c1. The first-order valence-corrected chi connectivity index (χ1v) is 7.30. The highest BCUT2D eigenvalue weighted by atomic mass is 79.9. The van der Waals surface area contributed by atoms with Gasteiger partial charge < -0.3 is 5.73 Å². The minimum absolute atomic E-state index is 0.0555. The molecule has 0 spiro atoms. The normalized spacial score (nSPS) is 12.8. The van der Waals surface area contributed by atoms with Crippen LogP contribution < -0.4 is 5.73 Å². The highest BCUT2D eigenvalue weighted by Gasteiger charge is 2.13. The number of aryl methyl sites for hydroxylation is 1. The van der Waals surface area contributed by atoms with Crippen molar-refractivity contribution in [3.63, 3.8) is 0 Å². The van der Waals surface area contributed by atoms with Crippen LogP contribution in [-0.4, -0.2) is 0 Å². The third-order valence-corrected chi connectivity index (χ3v) is 4.26. The fraction of sp³-hybridized carbons (Fsp3) is 0.167. The second-order valence-corrected chi connectivity index (χ2v) is 6.56. The van der Waals surface area contributed by atoms with E-state index in [9.17, 15) is 0 Å². The molecule has 2 N–H and O–H groups in total. The summed E-state index contributed by atoms with van der Waals surface area (Å²) in [4.78, 5) is 1.28. The van der Waals surface area contributed by atoms with Crippen molar-refractivity contribution < 1.29 is 0 Å². The fourth-order valence-electron chi connectivity index (χ4n) is 1.65. The molecular formula is C12H11Br2NS. The Morgan fingerprint density at radius 1 is 1.19 bits per heavy atom. The highest BCUT2D eigenvalue weighted by molar-refractivity contribution is 9.11. The molecule has 0 aliphatic carbocycles. The Morgan fingerprint density at radius 3 is 2.31 bits per heavy atom. The van der Waals surface area contributed by atoms with E-state index in [2.05, 4.69) is 62.4 Å². The van der Waals surface area contributed by atoms with Gasteiger partial charge in [-0.1, -0.05) is 31.9 Å². The van der Waals surface area contributed by atoms with Crippen molar-refractivity contribution in [2.75, 3.05) is 0 Å². The molecule has 0 fully saturated rings.